The van der Waals surface area contributed by atoms with Crippen molar-refractivity contribution in [3.63, 3.8) is 0 Å². The zero-order valence-corrected chi connectivity index (χ0v) is 15.6. The van der Waals surface area contributed by atoms with Crippen LogP contribution in [0.5, 0.6) is 0 Å². The minimum Gasteiger partial charge on any atom is -0.481 e. The Morgan fingerprint density at radius 3 is 2.50 bits per heavy atom. The number of carbonyl (C=O) groups is 2. The highest BCUT2D eigenvalue weighted by atomic mass is 16.5. The van der Waals surface area contributed by atoms with Gasteiger partial charge in [0.1, 0.15) is 11.6 Å². The number of hydrogen-bond donors (Lipinski definition) is 2. The second kappa shape index (κ2) is 9.24. The molecule has 1 amide bonds. The number of nitriles is 1. The van der Waals surface area contributed by atoms with Crippen LogP contribution in [0.25, 0.3) is 0 Å². The maximum absolute atomic E-state index is 12.6. The zero-order chi connectivity index (χ0) is 19.9. The number of anilines is 2. The third-order valence-corrected chi connectivity index (χ3v) is 5.11. The van der Waals surface area contributed by atoms with Crippen molar-refractivity contribution in [1.29, 1.82) is 5.26 Å². The number of carbonyl (C=O) groups excluding carboxylic acids is 1. The molecule has 2 N–H and O–H groups in total. The lowest BCUT2D eigenvalue weighted by Crippen LogP contribution is -2.40. The molecule has 0 aliphatic carbocycles. The molecule has 1 aromatic rings. The van der Waals surface area contributed by atoms with E-state index in [2.05, 4.69) is 10.2 Å². The number of hydrogen-bond acceptors (Lipinski definition) is 6. The summed E-state index contributed by atoms with van der Waals surface area (Å²) in [6.07, 6.45) is 2.26. The Morgan fingerprint density at radius 1 is 1.18 bits per heavy atom. The molecule has 2 heterocycles. The fourth-order valence-corrected chi connectivity index (χ4v) is 3.47. The Balaban J connectivity index is 1.68. The van der Waals surface area contributed by atoms with Crippen LogP contribution in [-0.2, 0) is 14.3 Å². The number of aliphatic carboxylic acids is 1. The maximum atomic E-state index is 12.6. The number of carboxylic acids is 1. The molecule has 2 aliphatic rings. The molecule has 3 rings (SSSR count). The SMILES string of the molecule is N#C/C(=C/Nc1ccccc1N1CCOCC1)C(=O)N1CCC(C(=O)O)CC1. The second-order valence-electron chi connectivity index (χ2n) is 6.84. The Labute approximate surface area is 164 Å². The summed E-state index contributed by atoms with van der Waals surface area (Å²) in [5.41, 5.74) is 1.81. The number of likely N-dealkylation sites (tertiary alicyclic amines) is 1. The van der Waals surface area contributed by atoms with Gasteiger partial charge >= 0.3 is 5.97 Å². The summed E-state index contributed by atoms with van der Waals surface area (Å²) in [6.45, 7) is 3.59. The second-order valence-corrected chi connectivity index (χ2v) is 6.84. The monoisotopic (exact) mass is 384 g/mol. The number of nitrogens with zero attached hydrogens (tertiary/aromatic N) is 3. The van der Waals surface area contributed by atoms with Gasteiger partial charge in [-0.2, -0.15) is 5.26 Å². The average Bonchev–Trinajstić information content (AvgIpc) is 2.75. The molecule has 0 spiro atoms. The van der Waals surface area contributed by atoms with Crippen LogP contribution in [0.1, 0.15) is 12.8 Å². The van der Waals surface area contributed by atoms with Gasteiger partial charge in [-0.15, -0.1) is 0 Å². The van der Waals surface area contributed by atoms with Gasteiger partial charge in [-0.05, 0) is 25.0 Å². The average molecular weight is 384 g/mol. The molecule has 2 saturated heterocycles. The molecule has 8 heteroatoms. The van der Waals surface area contributed by atoms with E-state index in [0.29, 0.717) is 39.1 Å². The summed E-state index contributed by atoms with van der Waals surface area (Å²) < 4.78 is 5.39. The normalized spacial score (nSPS) is 18.5. The van der Waals surface area contributed by atoms with E-state index >= 15 is 0 Å². The van der Waals surface area contributed by atoms with Crippen molar-refractivity contribution in [1.82, 2.24) is 4.90 Å². The minimum absolute atomic E-state index is 0.00514. The molecule has 0 atom stereocenters. The van der Waals surface area contributed by atoms with E-state index in [1.165, 1.54) is 6.20 Å². The summed E-state index contributed by atoms with van der Waals surface area (Å²) in [4.78, 5) is 27.4. The molecule has 8 nitrogen and oxygen atoms in total. The zero-order valence-electron chi connectivity index (χ0n) is 15.6. The largest absolute Gasteiger partial charge is 0.481 e. The molecule has 28 heavy (non-hydrogen) atoms. The predicted molar refractivity (Wildman–Crippen MR) is 104 cm³/mol. The van der Waals surface area contributed by atoms with E-state index in [1.807, 2.05) is 30.3 Å². The van der Waals surface area contributed by atoms with E-state index in [0.717, 1.165) is 24.5 Å². The van der Waals surface area contributed by atoms with Gasteiger partial charge in [0, 0.05) is 32.4 Å². The Kier molecular flexibility index (Phi) is 6.50. The third-order valence-electron chi connectivity index (χ3n) is 5.11. The Morgan fingerprint density at radius 2 is 1.86 bits per heavy atom. The third kappa shape index (κ3) is 4.61. The number of ether oxygens (including phenoxy) is 1. The molecule has 0 bridgehead atoms. The lowest BCUT2D eigenvalue weighted by Gasteiger charge is -2.30. The molecular formula is C20H24N4O4. The van der Waals surface area contributed by atoms with Crippen molar-refractivity contribution < 1.29 is 19.4 Å². The van der Waals surface area contributed by atoms with Gasteiger partial charge in [-0.1, -0.05) is 12.1 Å². The van der Waals surface area contributed by atoms with Gasteiger partial charge < -0.3 is 25.0 Å². The highest BCUT2D eigenvalue weighted by Crippen LogP contribution is 2.26. The van der Waals surface area contributed by atoms with E-state index in [4.69, 9.17) is 9.84 Å². The maximum Gasteiger partial charge on any atom is 0.306 e. The fourth-order valence-electron chi connectivity index (χ4n) is 3.47. The van der Waals surface area contributed by atoms with E-state index < -0.39 is 11.9 Å². The topological polar surface area (TPSA) is 106 Å². The van der Waals surface area contributed by atoms with Crippen molar-refractivity contribution in [2.24, 2.45) is 5.92 Å². The van der Waals surface area contributed by atoms with Crippen molar-refractivity contribution >= 4 is 23.3 Å². The number of carboxylic acid groups (broad SMARTS) is 1. The molecule has 2 aliphatic heterocycles. The summed E-state index contributed by atoms with van der Waals surface area (Å²) >= 11 is 0. The smallest absolute Gasteiger partial charge is 0.306 e. The molecule has 1 aromatic carbocycles. The molecule has 0 saturated carbocycles. The quantitative estimate of drug-likeness (QED) is 0.587. The van der Waals surface area contributed by atoms with Crippen LogP contribution >= 0.6 is 0 Å². The van der Waals surface area contributed by atoms with Gasteiger partial charge in [0.05, 0.1) is 30.5 Å². The summed E-state index contributed by atoms with van der Waals surface area (Å²) in [5, 5.41) is 21.6. The van der Waals surface area contributed by atoms with Gasteiger partial charge in [-0.3, -0.25) is 9.59 Å². The number of nitrogens with one attached hydrogen (secondary N) is 1. The molecule has 2 fully saturated rings. The molecule has 0 radical (unpaired) electrons. The van der Waals surface area contributed by atoms with Gasteiger partial charge in [0.2, 0.25) is 0 Å². The predicted octanol–water partition coefficient (Wildman–Crippen LogP) is 1.67. The number of morpholine rings is 1. The highest BCUT2D eigenvalue weighted by Gasteiger charge is 2.28. The van der Waals surface area contributed by atoms with Crippen molar-refractivity contribution in [2.45, 2.75) is 12.8 Å². The fraction of sp³-hybridized carbons (Fsp3) is 0.450. The van der Waals surface area contributed by atoms with Gasteiger partial charge in [-0.25, -0.2) is 0 Å². The summed E-state index contributed by atoms with van der Waals surface area (Å²) in [5.74, 6) is -1.62. The van der Waals surface area contributed by atoms with Gasteiger partial charge in [0.25, 0.3) is 5.91 Å². The van der Waals surface area contributed by atoms with Crippen molar-refractivity contribution in [3.05, 3.63) is 36.0 Å². The van der Waals surface area contributed by atoms with Crippen molar-refractivity contribution in [2.75, 3.05) is 49.6 Å². The number of para-hydroxylation sites is 2. The first-order chi connectivity index (χ1) is 13.6. The molecular weight excluding hydrogens is 360 g/mol. The van der Waals surface area contributed by atoms with Crippen LogP contribution in [0.15, 0.2) is 36.0 Å². The highest BCUT2D eigenvalue weighted by molar-refractivity contribution is 5.97. The Bertz CT molecular complexity index is 788. The number of piperidine rings is 1. The van der Waals surface area contributed by atoms with E-state index in [1.54, 1.807) is 4.90 Å². The van der Waals surface area contributed by atoms with Crippen LogP contribution in [-0.4, -0.2) is 61.3 Å². The van der Waals surface area contributed by atoms with Crippen LogP contribution in [0.4, 0.5) is 11.4 Å². The first kappa shape index (κ1) is 19.7. The van der Waals surface area contributed by atoms with Crippen molar-refractivity contribution in [3.8, 4) is 6.07 Å². The Hall–Kier alpha value is -3.05. The first-order valence-electron chi connectivity index (χ1n) is 9.40. The van der Waals surface area contributed by atoms with Crippen LogP contribution in [0.2, 0.25) is 0 Å². The standard InChI is InChI=1S/C20H24N4O4/c21-13-16(19(25)24-7-5-15(6-8-24)20(26)27)14-22-17-3-1-2-4-18(17)23-9-11-28-12-10-23/h1-4,14-15,22H,5-12H2,(H,26,27)/b16-14-. The molecule has 0 aromatic heterocycles. The first-order valence-corrected chi connectivity index (χ1v) is 9.40. The number of benzene rings is 1. The van der Waals surface area contributed by atoms with Gasteiger partial charge in [0.15, 0.2) is 0 Å². The lowest BCUT2D eigenvalue weighted by atomic mass is 9.97. The molecule has 0 unspecified atom stereocenters. The van der Waals surface area contributed by atoms with E-state index in [9.17, 15) is 14.9 Å². The number of amides is 1. The van der Waals surface area contributed by atoms with Crippen LogP contribution in [0.3, 0.4) is 0 Å². The van der Waals surface area contributed by atoms with Crippen LogP contribution < -0.4 is 10.2 Å². The lowest BCUT2D eigenvalue weighted by molar-refractivity contribution is -0.145. The summed E-state index contributed by atoms with van der Waals surface area (Å²) in [6, 6.07) is 9.69. The summed E-state index contributed by atoms with van der Waals surface area (Å²) in [7, 11) is 0. The molecule has 148 valence electrons. The van der Waals surface area contributed by atoms with E-state index in [-0.39, 0.29) is 11.5 Å². The number of rotatable bonds is 5. The minimum atomic E-state index is -0.829. The van der Waals surface area contributed by atoms with Crippen LogP contribution in [0, 0.1) is 17.2 Å².